The number of hydrogen-bond acceptors (Lipinski definition) is 8. The van der Waals surface area contributed by atoms with Gasteiger partial charge >= 0.3 is 0 Å². The molecular formula is C85H50O8. The molecule has 17 aromatic rings. The molecular weight excluding hydrogens is 1150 g/mol. The van der Waals surface area contributed by atoms with E-state index in [9.17, 15) is 19.2 Å². The zero-order chi connectivity index (χ0) is 62.4. The summed E-state index contributed by atoms with van der Waals surface area (Å²) in [5, 5.41) is 3.97. The van der Waals surface area contributed by atoms with Crippen molar-refractivity contribution in [3.05, 3.63) is 319 Å². The van der Waals surface area contributed by atoms with E-state index in [2.05, 4.69) is 98.8 Å². The van der Waals surface area contributed by atoms with E-state index in [1.807, 2.05) is 164 Å². The number of rotatable bonds is 7. The number of hydrogen-bond donors (Lipinski definition) is 0. The lowest BCUT2D eigenvalue weighted by molar-refractivity contribution is 0.659. The van der Waals surface area contributed by atoms with Gasteiger partial charge in [0.1, 0.15) is 44.7 Å². The van der Waals surface area contributed by atoms with Gasteiger partial charge in [-0.3, -0.25) is 19.2 Å². The van der Waals surface area contributed by atoms with Crippen LogP contribution in [-0.2, 0) is 5.41 Å². The molecule has 0 radical (unpaired) electrons. The van der Waals surface area contributed by atoms with Gasteiger partial charge in [-0.2, -0.15) is 0 Å². The molecule has 0 unspecified atom stereocenters. The number of para-hydroxylation sites is 4. The zero-order valence-corrected chi connectivity index (χ0v) is 50.2. The van der Waals surface area contributed by atoms with Gasteiger partial charge in [0.2, 0.25) is 21.7 Å². The Bertz CT molecular complexity index is 6380. The number of fused-ring (bicyclic) bond motifs is 11. The van der Waals surface area contributed by atoms with E-state index in [1.54, 1.807) is 18.2 Å². The Morgan fingerprint density at radius 3 is 1.27 bits per heavy atom. The molecule has 4 aromatic heterocycles. The fourth-order valence-electron chi connectivity index (χ4n) is 14.3. The van der Waals surface area contributed by atoms with Crippen LogP contribution in [0.3, 0.4) is 0 Å². The van der Waals surface area contributed by atoms with Crippen molar-refractivity contribution in [2.24, 2.45) is 0 Å². The van der Waals surface area contributed by atoms with Crippen molar-refractivity contribution in [3.8, 4) is 89.0 Å². The van der Waals surface area contributed by atoms with Gasteiger partial charge in [-0.1, -0.05) is 178 Å². The van der Waals surface area contributed by atoms with E-state index in [1.165, 1.54) is 11.1 Å². The molecule has 13 aromatic carbocycles. The summed E-state index contributed by atoms with van der Waals surface area (Å²) in [6.45, 7) is 4.50. The van der Waals surface area contributed by atoms with E-state index in [0.29, 0.717) is 98.9 Å². The monoisotopic (exact) mass is 1200 g/mol. The van der Waals surface area contributed by atoms with Crippen molar-refractivity contribution >= 4 is 87.8 Å². The van der Waals surface area contributed by atoms with Crippen molar-refractivity contribution in [1.82, 2.24) is 0 Å². The minimum atomic E-state index is -0.259. The van der Waals surface area contributed by atoms with Crippen LogP contribution in [0, 0.1) is 0 Å². The average Bonchev–Trinajstić information content (AvgIpc) is 1.69. The standard InChI is InChI=1S/C85H50O8/c1-85(2)70-36-31-52(42-66(70)67-43-53(32-37-71(67)85)55-30-35-63-77(46-55)91-72-23-5-3-16-61(72)79(63)86)54-33-38-74-68(44-54)81(88)69-45-57(34-39-75(69)90-74)60-20-10-22-65-82(89)78-58(18-11-25-76(78)93-84(60)65)48-28-26-47(27-29-48)49-12-7-13-50(40-49)51-14-8-15-56(41-51)59-19-9-21-64-80(87)62-17-4-6-24-73(62)92-83(59)64/h3-46H,1-2H3. The SMILES string of the molecule is CC1(C)c2ccc(-c3ccc4c(=O)c5ccccc5oc4c3)cc2-c2cc(-c3ccc4oc5ccc(-c6cccc7c(=O)c8c(-c9ccc(-c%10cccc(-c%11cccc(-c%12cccc%13c(=O)c%14ccccc%14oc%12%13)c%11)c%10)cc9)cccc8oc67)cc5c(=O)c4c3)ccc21. The Labute approximate surface area is 529 Å². The first-order valence-electron chi connectivity index (χ1n) is 31.0. The Hall–Kier alpha value is -12.3. The summed E-state index contributed by atoms with van der Waals surface area (Å²) < 4.78 is 25.9. The molecule has 1 aliphatic rings. The first-order chi connectivity index (χ1) is 45.5. The molecule has 0 fully saturated rings. The predicted octanol–water partition coefficient (Wildman–Crippen LogP) is 20.7. The minimum absolute atomic E-state index is 0.0465. The van der Waals surface area contributed by atoms with E-state index in [0.717, 1.165) is 77.9 Å². The second-order valence-electron chi connectivity index (χ2n) is 24.8. The van der Waals surface area contributed by atoms with Crippen LogP contribution in [0.5, 0.6) is 0 Å². The summed E-state index contributed by atoms with van der Waals surface area (Å²) in [4.78, 5) is 56.6. The van der Waals surface area contributed by atoms with Crippen LogP contribution in [0.25, 0.3) is 177 Å². The lowest BCUT2D eigenvalue weighted by Crippen LogP contribution is -2.14. The summed E-state index contributed by atoms with van der Waals surface area (Å²) in [5.74, 6) is 0. The maximum atomic E-state index is 14.9. The molecule has 0 saturated heterocycles. The van der Waals surface area contributed by atoms with E-state index >= 15 is 0 Å². The Morgan fingerprint density at radius 2 is 0.602 bits per heavy atom. The van der Waals surface area contributed by atoms with Gasteiger partial charge in [-0.25, -0.2) is 0 Å². The normalized spacial score (nSPS) is 12.7. The van der Waals surface area contributed by atoms with Gasteiger partial charge in [0.15, 0.2) is 0 Å². The molecule has 0 saturated carbocycles. The van der Waals surface area contributed by atoms with Crippen molar-refractivity contribution in [1.29, 1.82) is 0 Å². The van der Waals surface area contributed by atoms with Gasteiger partial charge in [0.05, 0.1) is 43.1 Å². The van der Waals surface area contributed by atoms with Gasteiger partial charge in [0.25, 0.3) is 0 Å². The predicted molar refractivity (Wildman–Crippen MR) is 376 cm³/mol. The van der Waals surface area contributed by atoms with Crippen molar-refractivity contribution < 1.29 is 17.7 Å². The molecule has 8 nitrogen and oxygen atoms in total. The quantitative estimate of drug-likeness (QED) is 0.145. The molecule has 93 heavy (non-hydrogen) atoms. The molecule has 0 aliphatic heterocycles. The van der Waals surface area contributed by atoms with E-state index in [-0.39, 0.29) is 27.1 Å². The first-order valence-corrected chi connectivity index (χ1v) is 31.0. The zero-order valence-electron chi connectivity index (χ0n) is 50.2. The third-order valence-electron chi connectivity index (χ3n) is 19.1. The molecule has 0 spiro atoms. The molecule has 0 atom stereocenters. The molecule has 8 heteroatoms. The average molecular weight is 1200 g/mol. The smallest absolute Gasteiger partial charge is 0.201 e. The van der Waals surface area contributed by atoms with E-state index < -0.39 is 0 Å². The minimum Gasteiger partial charge on any atom is -0.456 e. The maximum absolute atomic E-state index is 14.9. The maximum Gasteiger partial charge on any atom is 0.201 e. The second-order valence-corrected chi connectivity index (χ2v) is 24.8. The third kappa shape index (κ3) is 8.46. The Morgan fingerprint density at radius 1 is 0.226 bits per heavy atom. The fourth-order valence-corrected chi connectivity index (χ4v) is 14.3. The van der Waals surface area contributed by atoms with Crippen molar-refractivity contribution in [2.75, 3.05) is 0 Å². The highest BCUT2D eigenvalue weighted by molar-refractivity contribution is 6.05. The van der Waals surface area contributed by atoms with Crippen LogP contribution < -0.4 is 21.7 Å². The molecule has 4 heterocycles. The largest absolute Gasteiger partial charge is 0.456 e. The van der Waals surface area contributed by atoms with Crippen LogP contribution >= 0.6 is 0 Å². The highest BCUT2D eigenvalue weighted by Gasteiger charge is 2.36. The lowest BCUT2D eigenvalue weighted by Gasteiger charge is -2.21. The Kier molecular flexibility index (Phi) is 11.8. The summed E-state index contributed by atoms with van der Waals surface area (Å²) >= 11 is 0. The molecule has 438 valence electrons. The summed E-state index contributed by atoms with van der Waals surface area (Å²) in [5.41, 5.74) is 20.7. The topological polar surface area (TPSA) is 121 Å². The highest BCUT2D eigenvalue weighted by Crippen LogP contribution is 2.51. The molecule has 18 rings (SSSR count). The van der Waals surface area contributed by atoms with Crippen LogP contribution in [0.15, 0.2) is 304 Å². The van der Waals surface area contributed by atoms with Gasteiger partial charge in [-0.05, 0) is 192 Å². The highest BCUT2D eigenvalue weighted by atomic mass is 16.3. The van der Waals surface area contributed by atoms with Crippen molar-refractivity contribution in [2.45, 2.75) is 19.3 Å². The van der Waals surface area contributed by atoms with Gasteiger partial charge in [0, 0.05) is 16.5 Å². The lowest BCUT2D eigenvalue weighted by atomic mass is 9.82. The second kappa shape index (κ2) is 20.4. The first kappa shape index (κ1) is 53.7. The van der Waals surface area contributed by atoms with Crippen LogP contribution in [0.4, 0.5) is 0 Å². The van der Waals surface area contributed by atoms with Crippen LogP contribution in [0.2, 0.25) is 0 Å². The van der Waals surface area contributed by atoms with E-state index in [4.69, 9.17) is 17.7 Å². The Balaban J connectivity index is 0.647. The van der Waals surface area contributed by atoms with Crippen LogP contribution in [-0.4, -0.2) is 0 Å². The summed E-state index contributed by atoms with van der Waals surface area (Å²) in [7, 11) is 0. The number of benzene rings is 13. The van der Waals surface area contributed by atoms with Gasteiger partial charge in [-0.15, -0.1) is 0 Å². The summed E-state index contributed by atoms with van der Waals surface area (Å²) in [6, 6.07) is 86.9. The van der Waals surface area contributed by atoms with Crippen LogP contribution in [0.1, 0.15) is 25.0 Å². The molecule has 0 amide bonds. The molecule has 0 N–H and O–H groups in total. The van der Waals surface area contributed by atoms with Gasteiger partial charge < -0.3 is 17.7 Å². The fraction of sp³-hybridized carbons (Fsp3) is 0.0353. The van der Waals surface area contributed by atoms with Crippen molar-refractivity contribution in [3.63, 3.8) is 0 Å². The summed E-state index contributed by atoms with van der Waals surface area (Å²) in [6.07, 6.45) is 0. The molecule has 0 bridgehead atoms. The molecule has 1 aliphatic carbocycles. The third-order valence-corrected chi connectivity index (χ3v) is 19.1.